The third kappa shape index (κ3) is 5.64. The van der Waals surface area contributed by atoms with Gasteiger partial charge < -0.3 is 10.1 Å². The average molecular weight is 449 g/mol. The van der Waals surface area contributed by atoms with Crippen molar-refractivity contribution in [1.29, 1.82) is 0 Å². The van der Waals surface area contributed by atoms with Gasteiger partial charge in [0.1, 0.15) is 0 Å². The second-order valence-electron chi connectivity index (χ2n) is 8.02. The summed E-state index contributed by atoms with van der Waals surface area (Å²) >= 11 is 1.63. The van der Waals surface area contributed by atoms with Crippen LogP contribution in [0.4, 0.5) is 0 Å². The molecule has 0 fully saturated rings. The third-order valence-corrected chi connectivity index (χ3v) is 7.03. The zero-order valence-corrected chi connectivity index (χ0v) is 19.1. The summed E-state index contributed by atoms with van der Waals surface area (Å²) in [5.41, 5.74) is 4.26. The van der Waals surface area contributed by atoms with Gasteiger partial charge in [0.2, 0.25) is 0 Å². The number of hydrogen-bond acceptors (Lipinski definition) is 5. The van der Waals surface area contributed by atoms with Crippen molar-refractivity contribution >= 4 is 23.2 Å². The van der Waals surface area contributed by atoms with Gasteiger partial charge in [0.05, 0.1) is 17.6 Å². The molecule has 2 aromatic carbocycles. The van der Waals surface area contributed by atoms with Crippen LogP contribution in [-0.4, -0.2) is 43.5 Å². The van der Waals surface area contributed by atoms with Crippen LogP contribution >= 0.6 is 11.3 Å². The topological polar surface area (TPSA) is 58.6 Å². The molecule has 0 saturated carbocycles. The number of thiophene rings is 1. The Hall–Kier alpha value is -2.96. The molecule has 6 heteroatoms. The van der Waals surface area contributed by atoms with Crippen molar-refractivity contribution in [3.8, 4) is 0 Å². The fourth-order valence-corrected chi connectivity index (χ4v) is 5.10. The number of amides is 1. The Balaban J connectivity index is 1.26. The van der Waals surface area contributed by atoms with Crippen LogP contribution in [0.2, 0.25) is 0 Å². The van der Waals surface area contributed by atoms with Crippen molar-refractivity contribution < 1.29 is 14.3 Å². The SMILES string of the molecule is COC(=O)c1ccc(CCNC(=O)c2cc3c(s2)CCN(Cc2ccccc2)CC3)cc1. The number of ether oxygens (including phenoxy) is 1. The minimum Gasteiger partial charge on any atom is -0.465 e. The van der Waals surface area contributed by atoms with Crippen LogP contribution in [0.25, 0.3) is 0 Å². The van der Waals surface area contributed by atoms with Crippen molar-refractivity contribution in [2.45, 2.75) is 25.8 Å². The van der Waals surface area contributed by atoms with E-state index in [0.29, 0.717) is 18.5 Å². The smallest absolute Gasteiger partial charge is 0.337 e. The summed E-state index contributed by atoms with van der Waals surface area (Å²) in [6.45, 7) is 3.57. The summed E-state index contributed by atoms with van der Waals surface area (Å²) in [7, 11) is 1.37. The van der Waals surface area contributed by atoms with Crippen LogP contribution < -0.4 is 5.32 Å². The van der Waals surface area contributed by atoms with Gasteiger partial charge in [0.25, 0.3) is 5.91 Å². The number of nitrogens with zero attached hydrogens (tertiary/aromatic N) is 1. The van der Waals surface area contributed by atoms with Crippen LogP contribution in [0.15, 0.2) is 60.7 Å². The van der Waals surface area contributed by atoms with Crippen LogP contribution in [0.5, 0.6) is 0 Å². The van der Waals surface area contributed by atoms with E-state index in [1.165, 1.54) is 23.1 Å². The number of fused-ring (bicyclic) bond motifs is 1. The van der Waals surface area contributed by atoms with Crippen molar-refractivity contribution in [2.24, 2.45) is 0 Å². The number of benzene rings is 2. The van der Waals surface area contributed by atoms with Gasteiger partial charge in [-0.3, -0.25) is 9.69 Å². The highest BCUT2D eigenvalue weighted by Crippen LogP contribution is 2.26. The first-order valence-electron chi connectivity index (χ1n) is 11.0. The standard InChI is InChI=1S/C26H28N2O3S/c1-31-26(30)21-9-7-19(8-10-21)11-14-27-25(29)24-17-22-12-15-28(16-13-23(22)32-24)18-20-5-3-2-4-6-20/h2-10,17H,11-16,18H2,1H3,(H,27,29). The minimum atomic E-state index is -0.342. The average Bonchev–Trinajstić information content (AvgIpc) is 3.15. The predicted octanol–water partition coefficient (Wildman–Crippen LogP) is 4.11. The first-order chi connectivity index (χ1) is 15.6. The second-order valence-corrected chi connectivity index (χ2v) is 9.15. The molecule has 1 aliphatic heterocycles. The molecule has 0 aliphatic carbocycles. The predicted molar refractivity (Wildman–Crippen MR) is 127 cm³/mol. The number of methoxy groups -OCH3 is 1. The molecule has 4 rings (SSSR count). The fraction of sp³-hybridized carbons (Fsp3) is 0.308. The highest BCUT2D eigenvalue weighted by molar-refractivity contribution is 7.14. The van der Waals surface area contributed by atoms with E-state index in [4.69, 9.17) is 4.74 Å². The van der Waals surface area contributed by atoms with E-state index in [1.807, 2.05) is 12.1 Å². The van der Waals surface area contributed by atoms with Gasteiger partial charge in [-0.15, -0.1) is 11.3 Å². The van der Waals surface area contributed by atoms with E-state index in [-0.39, 0.29) is 11.9 Å². The molecule has 1 N–H and O–H groups in total. The summed E-state index contributed by atoms with van der Waals surface area (Å²) in [6.07, 6.45) is 2.69. The van der Waals surface area contributed by atoms with Crippen molar-refractivity contribution in [3.63, 3.8) is 0 Å². The Morgan fingerprint density at radius 2 is 1.75 bits per heavy atom. The number of carbonyl (C=O) groups is 2. The molecule has 0 bridgehead atoms. The maximum Gasteiger partial charge on any atom is 0.337 e. The molecule has 1 amide bonds. The molecule has 0 atom stereocenters. The number of nitrogens with one attached hydrogen (secondary N) is 1. The lowest BCUT2D eigenvalue weighted by Gasteiger charge is -2.19. The molecule has 5 nitrogen and oxygen atoms in total. The van der Waals surface area contributed by atoms with Gasteiger partial charge in [0.15, 0.2) is 0 Å². The largest absolute Gasteiger partial charge is 0.465 e. The quantitative estimate of drug-likeness (QED) is 0.553. The molecular weight excluding hydrogens is 420 g/mol. The number of carbonyl (C=O) groups excluding carboxylic acids is 2. The van der Waals surface area contributed by atoms with E-state index >= 15 is 0 Å². The Morgan fingerprint density at radius 3 is 2.50 bits per heavy atom. The maximum atomic E-state index is 12.7. The Morgan fingerprint density at radius 1 is 1.00 bits per heavy atom. The Kier molecular flexibility index (Phi) is 7.35. The first kappa shape index (κ1) is 22.2. The first-order valence-corrected chi connectivity index (χ1v) is 11.8. The van der Waals surface area contributed by atoms with Gasteiger partial charge in [-0.2, -0.15) is 0 Å². The Labute approximate surface area is 193 Å². The number of hydrogen-bond donors (Lipinski definition) is 1. The molecule has 0 unspecified atom stereocenters. The minimum absolute atomic E-state index is 0.00426. The lowest BCUT2D eigenvalue weighted by atomic mass is 10.1. The Bertz CT molecular complexity index is 1030. The zero-order chi connectivity index (χ0) is 22.3. The van der Waals surface area contributed by atoms with Gasteiger partial charge in [-0.05, 0) is 54.2 Å². The summed E-state index contributed by atoms with van der Waals surface area (Å²) in [5, 5.41) is 3.03. The number of rotatable bonds is 7. The summed E-state index contributed by atoms with van der Waals surface area (Å²) in [4.78, 5) is 28.8. The molecule has 0 spiro atoms. The van der Waals surface area contributed by atoms with Crippen LogP contribution in [0.3, 0.4) is 0 Å². The number of esters is 1. The van der Waals surface area contributed by atoms with Crippen molar-refractivity contribution in [3.05, 3.63) is 92.7 Å². The van der Waals surface area contributed by atoms with E-state index in [1.54, 1.807) is 23.5 Å². The summed E-state index contributed by atoms with van der Waals surface area (Å²) in [5.74, 6) is -0.346. The molecule has 32 heavy (non-hydrogen) atoms. The van der Waals surface area contributed by atoms with Gasteiger partial charge in [0, 0.05) is 31.1 Å². The van der Waals surface area contributed by atoms with Gasteiger partial charge in [-0.25, -0.2) is 4.79 Å². The second kappa shape index (κ2) is 10.6. The molecular formula is C26H28N2O3S. The van der Waals surface area contributed by atoms with E-state index in [9.17, 15) is 9.59 Å². The van der Waals surface area contributed by atoms with Crippen LogP contribution in [0, 0.1) is 0 Å². The summed E-state index contributed by atoms with van der Waals surface area (Å²) < 4.78 is 4.72. The van der Waals surface area contributed by atoms with Crippen LogP contribution in [-0.2, 0) is 30.5 Å². The third-order valence-electron chi connectivity index (χ3n) is 5.80. The highest BCUT2D eigenvalue weighted by atomic mass is 32.1. The van der Waals surface area contributed by atoms with Crippen molar-refractivity contribution in [1.82, 2.24) is 10.2 Å². The van der Waals surface area contributed by atoms with Gasteiger partial charge in [-0.1, -0.05) is 42.5 Å². The lowest BCUT2D eigenvalue weighted by molar-refractivity contribution is 0.0600. The monoisotopic (exact) mass is 448 g/mol. The highest BCUT2D eigenvalue weighted by Gasteiger charge is 2.19. The fourth-order valence-electron chi connectivity index (χ4n) is 3.98. The van der Waals surface area contributed by atoms with Gasteiger partial charge >= 0.3 is 5.97 Å². The van der Waals surface area contributed by atoms with Crippen LogP contribution in [0.1, 0.15) is 41.6 Å². The molecule has 0 saturated heterocycles. The molecule has 2 heterocycles. The summed E-state index contributed by atoms with van der Waals surface area (Å²) in [6, 6.07) is 20.0. The van der Waals surface area contributed by atoms with Crippen molar-refractivity contribution in [2.75, 3.05) is 26.7 Å². The zero-order valence-electron chi connectivity index (χ0n) is 18.3. The molecule has 1 aliphatic rings. The van der Waals surface area contributed by atoms with E-state index in [2.05, 4.69) is 46.6 Å². The molecule has 1 aromatic heterocycles. The normalized spacial score (nSPS) is 13.8. The molecule has 0 radical (unpaired) electrons. The molecule has 166 valence electrons. The molecule has 3 aromatic rings. The lowest BCUT2D eigenvalue weighted by Crippen LogP contribution is -2.26. The van der Waals surface area contributed by atoms with E-state index < -0.39 is 0 Å². The van der Waals surface area contributed by atoms with E-state index in [0.717, 1.165) is 42.9 Å². The maximum absolute atomic E-state index is 12.7.